The predicted octanol–water partition coefficient (Wildman–Crippen LogP) is 1.91. The summed E-state index contributed by atoms with van der Waals surface area (Å²) in [4.78, 5) is 39.5. The molecule has 2 aliphatic rings. The van der Waals surface area contributed by atoms with Crippen LogP contribution >= 0.6 is 11.3 Å². The van der Waals surface area contributed by atoms with Gasteiger partial charge in [-0.2, -0.15) is 0 Å². The van der Waals surface area contributed by atoms with Crippen molar-refractivity contribution in [2.24, 2.45) is 0 Å². The van der Waals surface area contributed by atoms with Gasteiger partial charge in [-0.25, -0.2) is 4.98 Å². The number of carbonyl (C=O) groups is 3. The van der Waals surface area contributed by atoms with Crippen LogP contribution in [0.15, 0.2) is 17.0 Å². The first-order chi connectivity index (χ1) is 12.6. The molecule has 3 amide bonds. The Kier molecular flexibility index (Phi) is 6.38. The lowest BCUT2D eigenvalue weighted by Gasteiger charge is -2.12. The van der Waals surface area contributed by atoms with E-state index in [1.807, 2.05) is 0 Å². The van der Waals surface area contributed by atoms with Crippen molar-refractivity contribution in [2.75, 3.05) is 11.9 Å². The van der Waals surface area contributed by atoms with Crippen molar-refractivity contribution < 1.29 is 14.4 Å². The molecular formula is C18H24N4O3S. The number of nitrogens with one attached hydrogen (secondary N) is 3. The lowest BCUT2D eigenvalue weighted by Crippen LogP contribution is -2.37. The maximum Gasteiger partial charge on any atom is 0.248 e. The van der Waals surface area contributed by atoms with Gasteiger partial charge in [0.05, 0.1) is 12.1 Å². The third kappa shape index (κ3) is 5.39. The highest BCUT2D eigenvalue weighted by Crippen LogP contribution is 2.20. The molecule has 1 aliphatic heterocycles. The average Bonchev–Trinajstić information content (AvgIpc) is 3.25. The van der Waals surface area contributed by atoms with Crippen LogP contribution in [-0.4, -0.2) is 35.3 Å². The molecule has 1 fully saturated rings. The molecule has 1 atom stereocenters. The van der Waals surface area contributed by atoms with Gasteiger partial charge in [-0.1, -0.05) is 11.6 Å². The molecule has 26 heavy (non-hydrogen) atoms. The Morgan fingerprint density at radius 1 is 1.31 bits per heavy atom. The van der Waals surface area contributed by atoms with Crippen molar-refractivity contribution in [3.8, 4) is 0 Å². The van der Waals surface area contributed by atoms with Crippen molar-refractivity contribution in [3.63, 3.8) is 0 Å². The summed E-state index contributed by atoms with van der Waals surface area (Å²) in [6, 6.07) is -0.493. The second kappa shape index (κ2) is 8.93. The van der Waals surface area contributed by atoms with Crippen LogP contribution < -0.4 is 16.0 Å². The number of nitrogens with zero attached hydrogens (tertiary/aromatic N) is 1. The predicted molar refractivity (Wildman–Crippen MR) is 99.8 cm³/mol. The summed E-state index contributed by atoms with van der Waals surface area (Å²) in [6.07, 6.45) is 9.09. The number of rotatable bonds is 7. The Morgan fingerprint density at radius 3 is 2.92 bits per heavy atom. The van der Waals surface area contributed by atoms with Gasteiger partial charge < -0.3 is 16.0 Å². The quantitative estimate of drug-likeness (QED) is 0.633. The van der Waals surface area contributed by atoms with Gasteiger partial charge in [0.15, 0.2) is 5.13 Å². The van der Waals surface area contributed by atoms with Gasteiger partial charge >= 0.3 is 0 Å². The van der Waals surface area contributed by atoms with Gasteiger partial charge in [0.2, 0.25) is 17.7 Å². The first-order valence-corrected chi connectivity index (χ1v) is 9.97. The van der Waals surface area contributed by atoms with Crippen LogP contribution in [0.5, 0.6) is 0 Å². The fourth-order valence-corrected chi connectivity index (χ4v) is 3.88. The van der Waals surface area contributed by atoms with Crippen LogP contribution in [0.3, 0.4) is 0 Å². The molecule has 0 radical (unpaired) electrons. The van der Waals surface area contributed by atoms with E-state index in [1.54, 1.807) is 5.38 Å². The maximum atomic E-state index is 12.0. The number of allylic oxidation sites excluding steroid dienone is 1. The summed E-state index contributed by atoms with van der Waals surface area (Å²) in [5.41, 5.74) is 2.07. The monoisotopic (exact) mass is 376 g/mol. The van der Waals surface area contributed by atoms with Crippen LogP contribution in [0, 0.1) is 0 Å². The van der Waals surface area contributed by atoms with E-state index in [1.165, 1.54) is 29.8 Å². The number of amides is 3. The molecule has 1 unspecified atom stereocenters. The molecule has 0 saturated carbocycles. The van der Waals surface area contributed by atoms with E-state index < -0.39 is 6.04 Å². The van der Waals surface area contributed by atoms with E-state index in [0.29, 0.717) is 30.2 Å². The minimum Gasteiger partial charge on any atom is -0.355 e. The fourth-order valence-electron chi connectivity index (χ4n) is 3.17. The van der Waals surface area contributed by atoms with E-state index in [9.17, 15) is 14.4 Å². The molecule has 1 aromatic heterocycles. The summed E-state index contributed by atoms with van der Waals surface area (Å²) < 4.78 is 0. The molecule has 140 valence electrons. The highest BCUT2D eigenvalue weighted by atomic mass is 32.1. The molecule has 1 aromatic rings. The molecular weight excluding hydrogens is 352 g/mol. The van der Waals surface area contributed by atoms with Gasteiger partial charge in [0.25, 0.3) is 0 Å². The Labute approximate surface area is 156 Å². The Bertz CT molecular complexity index is 713. The highest BCUT2D eigenvalue weighted by molar-refractivity contribution is 7.13. The molecule has 1 aliphatic carbocycles. The number of hydrogen-bond acceptors (Lipinski definition) is 5. The Hall–Kier alpha value is -2.22. The molecule has 8 heteroatoms. The van der Waals surface area contributed by atoms with Crippen molar-refractivity contribution in [2.45, 2.75) is 57.4 Å². The summed E-state index contributed by atoms with van der Waals surface area (Å²) in [5, 5.41) is 10.5. The van der Waals surface area contributed by atoms with E-state index in [-0.39, 0.29) is 24.1 Å². The maximum absolute atomic E-state index is 12.0. The zero-order valence-electron chi connectivity index (χ0n) is 14.7. The van der Waals surface area contributed by atoms with Gasteiger partial charge in [-0.15, -0.1) is 11.3 Å². The lowest BCUT2D eigenvalue weighted by molar-refractivity contribution is -0.122. The van der Waals surface area contributed by atoms with E-state index >= 15 is 0 Å². The zero-order valence-corrected chi connectivity index (χ0v) is 15.5. The van der Waals surface area contributed by atoms with Gasteiger partial charge in [0, 0.05) is 18.3 Å². The molecule has 0 bridgehead atoms. The standard InChI is InChI=1S/C18H24N4O3S/c23-15-7-6-14(21-15)17(25)22-18-20-13(11-26-18)10-16(24)19-9-8-12-4-2-1-3-5-12/h4,11,14H,1-3,5-10H2,(H,19,24)(H,21,23)(H,20,22,25). The van der Waals surface area contributed by atoms with E-state index in [0.717, 1.165) is 19.3 Å². The Morgan fingerprint density at radius 2 is 2.19 bits per heavy atom. The van der Waals surface area contributed by atoms with E-state index in [4.69, 9.17) is 0 Å². The third-order valence-corrected chi connectivity index (χ3v) is 5.40. The van der Waals surface area contributed by atoms with E-state index in [2.05, 4.69) is 27.0 Å². The second-order valence-electron chi connectivity index (χ2n) is 6.68. The van der Waals surface area contributed by atoms with Gasteiger partial charge in [-0.05, 0) is 38.5 Å². The minimum atomic E-state index is -0.493. The number of thiazole rings is 1. The average molecular weight is 376 g/mol. The second-order valence-corrected chi connectivity index (χ2v) is 7.54. The molecule has 7 nitrogen and oxygen atoms in total. The molecule has 2 heterocycles. The third-order valence-electron chi connectivity index (χ3n) is 4.59. The first kappa shape index (κ1) is 18.6. The van der Waals surface area contributed by atoms with Crippen LogP contribution in [0.1, 0.15) is 50.6 Å². The summed E-state index contributed by atoms with van der Waals surface area (Å²) in [6.45, 7) is 0.653. The van der Waals surface area contributed by atoms with Crippen molar-refractivity contribution in [1.82, 2.24) is 15.6 Å². The van der Waals surface area contributed by atoms with Gasteiger partial charge in [-0.3, -0.25) is 14.4 Å². The number of hydrogen-bond donors (Lipinski definition) is 3. The summed E-state index contributed by atoms with van der Waals surface area (Å²) in [5.74, 6) is -0.430. The fraction of sp³-hybridized carbons (Fsp3) is 0.556. The molecule has 0 aromatic carbocycles. The van der Waals surface area contributed by atoms with Crippen molar-refractivity contribution in [3.05, 3.63) is 22.7 Å². The van der Waals surface area contributed by atoms with Crippen LogP contribution in [-0.2, 0) is 20.8 Å². The number of carbonyl (C=O) groups excluding carboxylic acids is 3. The first-order valence-electron chi connectivity index (χ1n) is 9.09. The SMILES string of the molecule is O=C(Cc1csc(NC(=O)C2CCC(=O)N2)n1)NCCC1=CCCCC1. The molecule has 3 N–H and O–H groups in total. The zero-order chi connectivity index (χ0) is 18.4. The van der Waals surface area contributed by atoms with Crippen molar-refractivity contribution >= 4 is 34.2 Å². The van der Waals surface area contributed by atoms with Crippen LogP contribution in [0.4, 0.5) is 5.13 Å². The Balaban J connectivity index is 1.39. The number of anilines is 1. The van der Waals surface area contributed by atoms with Gasteiger partial charge in [0.1, 0.15) is 6.04 Å². The molecule has 1 saturated heterocycles. The summed E-state index contributed by atoms with van der Waals surface area (Å²) in [7, 11) is 0. The van der Waals surface area contributed by atoms with Crippen LogP contribution in [0.2, 0.25) is 0 Å². The summed E-state index contributed by atoms with van der Waals surface area (Å²) >= 11 is 1.28. The largest absolute Gasteiger partial charge is 0.355 e. The highest BCUT2D eigenvalue weighted by Gasteiger charge is 2.27. The molecule has 3 rings (SSSR count). The number of aromatic nitrogens is 1. The molecule has 0 spiro atoms. The lowest BCUT2D eigenvalue weighted by atomic mass is 9.97. The topological polar surface area (TPSA) is 100 Å². The minimum absolute atomic E-state index is 0.0624. The normalized spacial score (nSPS) is 19.6. The van der Waals surface area contributed by atoms with Crippen molar-refractivity contribution in [1.29, 1.82) is 0 Å². The van der Waals surface area contributed by atoms with Crippen LogP contribution in [0.25, 0.3) is 0 Å². The smallest absolute Gasteiger partial charge is 0.248 e.